The van der Waals surface area contributed by atoms with Gasteiger partial charge in [0.2, 0.25) is 0 Å². The van der Waals surface area contributed by atoms with Crippen molar-refractivity contribution in [3.8, 4) is 5.75 Å². The van der Waals surface area contributed by atoms with Crippen LogP contribution in [0.5, 0.6) is 5.75 Å². The second-order valence-corrected chi connectivity index (χ2v) is 6.73. The van der Waals surface area contributed by atoms with Gasteiger partial charge in [-0.25, -0.2) is 13.8 Å². The Morgan fingerprint density at radius 3 is 3.00 bits per heavy atom. The van der Waals surface area contributed by atoms with E-state index in [2.05, 4.69) is 20.2 Å². The van der Waals surface area contributed by atoms with Crippen molar-refractivity contribution in [2.75, 3.05) is 31.1 Å². The van der Waals surface area contributed by atoms with Crippen molar-refractivity contribution < 1.29 is 13.5 Å². The van der Waals surface area contributed by atoms with Crippen molar-refractivity contribution in [2.24, 2.45) is 0 Å². The van der Waals surface area contributed by atoms with Crippen LogP contribution in [0.4, 0.5) is 13.9 Å². The third-order valence-electron chi connectivity index (χ3n) is 4.11. The molecule has 0 bridgehead atoms. The number of halogens is 3. The Kier molecular flexibility index (Phi) is 5.85. The van der Waals surface area contributed by atoms with Crippen molar-refractivity contribution in [3.63, 3.8) is 0 Å². The summed E-state index contributed by atoms with van der Waals surface area (Å²) in [7, 11) is 0. The Morgan fingerprint density at radius 1 is 1.31 bits per heavy atom. The zero-order valence-corrected chi connectivity index (χ0v) is 15.3. The molecule has 0 aliphatic carbocycles. The second kappa shape index (κ2) is 8.11. The summed E-state index contributed by atoms with van der Waals surface area (Å²) in [5.41, 5.74) is 0.476. The molecule has 5 nitrogen and oxygen atoms in total. The van der Waals surface area contributed by atoms with Gasteiger partial charge in [-0.05, 0) is 24.3 Å². The first-order chi connectivity index (χ1) is 12.2. The molecule has 9 heteroatoms. The number of thiazole rings is 1. The number of rotatable bonds is 4. The SMILES string of the molecule is Cl.Fc1ccc2nc(N3CCNCC3COc3cccnc3)sc2c1F. The Morgan fingerprint density at radius 2 is 2.19 bits per heavy atom. The number of ether oxygens (including phenoxy) is 1. The van der Waals surface area contributed by atoms with E-state index in [0.717, 1.165) is 25.7 Å². The third kappa shape index (κ3) is 3.72. The molecule has 1 atom stereocenters. The first-order valence-corrected chi connectivity index (χ1v) is 8.79. The Labute approximate surface area is 159 Å². The van der Waals surface area contributed by atoms with Gasteiger partial charge in [-0.15, -0.1) is 12.4 Å². The third-order valence-corrected chi connectivity index (χ3v) is 5.21. The number of hydrogen-bond acceptors (Lipinski definition) is 6. The number of aromatic nitrogens is 2. The van der Waals surface area contributed by atoms with Gasteiger partial charge in [0.15, 0.2) is 16.8 Å². The highest BCUT2D eigenvalue weighted by atomic mass is 35.5. The van der Waals surface area contributed by atoms with E-state index < -0.39 is 11.6 Å². The lowest BCUT2D eigenvalue weighted by Gasteiger charge is -2.35. The van der Waals surface area contributed by atoms with E-state index in [1.807, 2.05) is 12.1 Å². The fourth-order valence-corrected chi connectivity index (χ4v) is 3.92. The molecule has 26 heavy (non-hydrogen) atoms. The van der Waals surface area contributed by atoms with Crippen LogP contribution in [-0.2, 0) is 0 Å². The molecule has 3 aromatic rings. The van der Waals surface area contributed by atoms with Crippen LogP contribution in [0, 0.1) is 11.6 Å². The average Bonchev–Trinajstić information content (AvgIpc) is 3.09. The number of benzene rings is 1. The second-order valence-electron chi connectivity index (χ2n) is 5.76. The summed E-state index contributed by atoms with van der Waals surface area (Å²) in [4.78, 5) is 10.6. The van der Waals surface area contributed by atoms with Crippen LogP contribution in [0.2, 0.25) is 0 Å². The predicted octanol–water partition coefficient (Wildman–Crippen LogP) is 3.25. The zero-order chi connectivity index (χ0) is 17.2. The lowest BCUT2D eigenvalue weighted by molar-refractivity contribution is 0.266. The first-order valence-electron chi connectivity index (χ1n) is 7.97. The minimum absolute atomic E-state index is 0. The molecule has 0 amide bonds. The predicted molar refractivity (Wildman–Crippen MR) is 101 cm³/mol. The highest BCUT2D eigenvalue weighted by molar-refractivity contribution is 7.22. The molecule has 1 fully saturated rings. The van der Waals surface area contributed by atoms with Crippen molar-refractivity contribution in [1.82, 2.24) is 15.3 Å². The summed E-state index contributed by atoms with van der Waals surface area (Å²) in [6.45, 7) is 2.71. The number of piperazine rings is 1. The molecule has 1 aromatic carbocycles. The number of fused-ring (bicyclic) bond motifs is 1. The number of nitrogens with one attached hydrogen (secondary N) is 1. The molecule has 4 rings (SSSR count). The van der Waals surface area contributed by atoms with Crippen LogP contribution in [0.3, 0.4) is 0 Å². The maximum absolute atomic E-state index is 14.0. The molecular formula is C17H17ClF2N4OS. The molecule has 0 radical (unpaired) electrons. The zero-order valence-electron chi connectivity index (χ0n) is 13.7. The highest BCUT2D eigenvalue weighted by Gasteiger charge is 2.26. The summed E-state index contributed by atoms with van der Waals surface area (Å²) in [5, 5.41) is 4.01. The Bertz CT molecular complexity index is 880. The quantitative estimate of drug-likeness (QED) is 0.731. The summed E-state index contributed by atoms with van der Waals surface area (Å²) in [6, 6.07) is 6.34. The van der Waals surface area contributed by atoms with Crippen molar-refractivity contribution in [1.29, 1.82) is 0 Å². The maximum atomic E-state index is 14.0. The Balaban J connectivity index is 0.00000196. The van der Waals surface area contributed by atoms with E-state index in [0.29, 0.717) is 23.0 Å². The van der Waals surface area contributed by atoms with Crippen LogP contribution in [0.25, 0.3) is 10.2 Å². The van der Waals surface area contributed by atoms with Gasteiger partial charge in [-0.1, -0.05) is 11.3 Å². The van der Waals surface area contributed by atoms with Crippen LogP contribution in [0.1, 0.15) is 0 Å². The maximum Gasteiger partial charge on any atom is 0.187 e. The summed E-state index contributed by atoms with van der Waals surface area (Å²) >= 11 is 1.17. The van der Waals surface area contributed by atoms with E-state index in [1.165, 1.54) is 17.4 Å². The lowest BCUT2D eigenvalue weighted by atomic mass is 10.2. The van der Waals surface area contributed by atoms with Gasteiger partial charge >= 0.3 is 0 Å². The first kappa shape index (κ1) is 18.8. The fourth-order valence-electron chi connectivity index (χ4n) is 2.83. The Hall–Kier alpha value is -2.03. The molecule has 1 aliphatic rings. The molecule has 1 saturated heterocycles. The topological polar surface area (TPSA) is 50.3 Å². The fraction of sp³-hybridized carbons (Fsp3) is 0.294. The standard InChI is InChI=1S/C17H16F2N4OS.ClH/c18-13-3-4-14-16(15(13)19)25-17(22-14)23-7-6-21-8-11(23)10-24-12-2-1-5-20-9-12;/h1-5,9,11,21H,6-8,10H2;1H. The smallest absolute Gasteiger partial charge is 0.187 e. The van der Waals surface area contributed by atoms with E-state index >= 15 is 0 Å². The molecule has 0 saturated carbocycles. The molecule has 1 unspecified atom stereocenters. The molecule has 1 N–H and O–H groups in total. The van der Waals surface area contributed by atoms with Crippen LogP contribution >= 0.6 is 23.7 Å². The minimum atomic E-state index is -0.848. The largest absolute Gasteiger partial charge is 0.490 e. The van der Waals surface area contributed by atoms with Gasteiger partial charge in [0.1, 0.15) is 12.4 Å². The molecule has 138 valence electrons. The van der Waals surface area contributed by atoms with Gasteiger partial charge < -0.3 is 15.0 Å². The van der Waals surface area contributed by atoms with Crippen molar-refractivity contribution in [2.45, 2.75) is 6.04 Å². The van der Waals surface area contributed by atoms with Gasteiger partial charge in [0.25, 0.3) is 0 Å². The normalized spacial score (nSPS) is 17.2. The van der Waals surface area contributed by atoms with Gasteiger partial charge in [0.05, 0.1) is 22.5 Å². The number of hydrogen-bond donors (Lipinski definition) is 1. The average molecular weight is 399 g/mol. The van der Waals surface area contributed by atoms with E-state index in [9.17, 15) is 8.78 Å². The molecule has 3 heterocycles. The molecular weight excluding hydrogens is 382 g/mol. The lowest BCUT2D eigenvalue weighted by Crippen LogP contribution is -2.54. The van der Waals surface area contributed by atoms with Gasteiger partial charge in [0, 0.05) is 25.8 Å². The molecule has 0 spiro atoms. The van der Waals surface area contributed by atoms with Crippen molar-refractivity contribution in [3.05, 3.63) is 48.3 Å². The van der Waals surface area contributed by atoms with E-state index in [4.69, 9.17) is 4.74 Å². The van der Waals surface area contributed by atoms with Crippen molar-refractivity contribution >= 4 is 39.1 Å². The van der Waals surface area contributed by atoms with Crippen LogP contribution in [-0.4, -0.2) is 42.3 Å². The highest BCUT2D eigenvalue weighted by Crippen LogP contribution is 2.33. The van der Waals surface area contributed by atoms with Gasteiger partial charge in [-0.3, -0.25) is 4.98 Å². The summed E-state index contributed by atoms with van der Waals surface area (Å²) in [6.07, 6.45) is 3.35. The number of anilines is 1. The minimum Gasteiger partial charge on any atom is -0.490 e. The summed E-state index contributed by atoms with van der Waals surface area (Å²) in [5.74, 6) is -0.982. The van der Waals surface area contributed by atoms with Gasteiger partial charge in [-0.2, -0.15) is 0 Å². The summed E-state index contributed by atoms with van der Waals surface area (Å²) < 4.78 is 33.5. The number of pyridine rings is 1. The van der Waals surface area contributed by atoms with E-state index in [-0.39, 0.29) is 23.1 Å². The van der Waals surface area contributed by atoms with Crippen LogP contribution < -0.4 is 15.0 Å². The number of nitrogens with zero attached hydrogens (tertiary/aromatic N) is 3. The van der Waals surface area contributed by atoms with E-state index in [1.54, 1.807) is 12.4 Å². The monoisotopic (exact) mass is 398 g/mol. The molecule has 1 aliphatic heterocycles. The van der Waals surface area contributed by atoms with Crippen LogP contribution in [0.15, 0.2) is 36.7 Å². The molecule has 2 aromatic heterocycles.